The minimum atomic E-state index is -0.179. The first kappa shape index (κ1) is 17.8. The molecule has 4 heterocycles. The lowest BCUT2D eigenvalue weighted by molar-refractivity contribution is -0.182. The third kappa shape index (κ3) is 3.63. The molecule has 0 unspecified atom stereocenters. The second-order valence-electron chi connectivity index (χ2n) is 6.81. The topological polar surface area (TPSA) is 95.2 Å². The number of nitrogens with zero attached hydrogens (tertiary/aromatic N) is 6. The van der Waals surface area contributed by atoms with E-state index < -0.39 is 0 Å². The molecule has 0 N–H and O–H groups in total. The Morgan fingerprint density at radius 1 is 1.33 bits per heavy atom. The summed E-state index contributed by atoms with van der Waals surface area (Å²) in [6.45, 7) is 3.96. The van der Waals surface area contributed by atoms with Gasteiger partial charge in [-0.3, -0.25) is 14.6 Å². The Hall–Kier alpha value is -2.57. The van der Waals surface area contributed by atoms with E-state index in [1.165, 1.54) is 22.8 Å². The summed E-state index contributed by atoms with van der Waals surface area (Å²) in [7, 11) is 0. The van der Waals surface area contributed by atoms with E-state index in [4.69, 9.17) is 10.1 Å². The van der Waals surface area contributed by atoms with Gasteiger partial charge in [-0.15, -0.1) is 0 Å². The van der Waals surface area contributed by atoms with Crippen LogP contribution in [0.5, 0.6) is 0 Å². The van der Waals surface area contributed by atoms with Gasteiger partial charge < -0.3 is 4.90 Å². The van der Waals surface area contributed by atoms with E-state index in [9.17, 15) is 4.79 Å². The Balaban J connectivity index is 1.42. The fourth-order valence-corrected chi connectivity index (χ4v) is 4.33. The molecule has 27 heavy (non-hydrogen) atoms. The molecule has 0 aromatic carbocycles. The van der Waals surface area contributed by atoms with Crippen molar-refractivity contribution < 1.29 is 9.63 Å². The van der Waals surface area contributed by atoms with Gasteiger partial charge >= 0.3 is 0 Å². The molecule has 9 heteroatoms. The first-order chi connectivity index (χ1) is 13.2. The van der Waals surface area contributed by atoms with Crippen molar-refractivity contribution in [2.45, 2.75) is 32.2 Å². The van der Waals surface area contributed by atoms with Crippen LogP contribution in [0.3, 0.4) is 0 Å². The maximum atomic E-state index is 13.1. The maximum absolute atomic E-state index is 13.1. The van der Waals surface area contributed by atoms with Crippen LogP contribution in [0.25, 0.3) is 0 Å². The largest absolute Gasteiger partial charge is 0.347 e. The number of aryl methyl sites for hydroxylation is 1. The SMILES string of the molecule is Cc1nsc(N2CCC(C(=O)N3OCC[C@H]3c3cncc(C#N)c3)CC2)n1. The average Bonchev–Trinajstić information content (AvgIpc) is 3.37. The number of hydrogen-bond acceptors (Lipinski definition) is 8. The van der Waals surface area contributed by atoms with Gasteiger partial charge in [0.1, 0.15) is 11.9 Å². The summed E-state index contributed by atoms with van der Waals surface area (Å²) in [6.07, 6.45) is 5.48. The van der Waals surface area contributed by atoms with E-state index in [-0.39, 0.29) is 17.9 Å². The van der Waals surface area contributed by atoms with Gasteiger partial charge in [0.25, 0.3) is 0 Å². The molecular weight excluding hydrogens is 364 g/mol. The summed E-state index contributed by atoms with van der Waals surface area (Å²) in [6, 6.07) is 3.70. The summed E-state index contributed by atoms with van der Waals surface area (Å²) in [5.41, 5.74) is 1.34. The number of nitriles is 1. The van der Waals surface area contributed by atoms with E-state index in [0.717, 1.165) is 42.5 Å². The molecule has 0 spiro atoms. The number of hydrogen-bond donors (Lipinski definition) is 0. The smallest absolute Gasteiger partial charge is 0.249 e. The van der Waals surface area contributed by atoms with Crippen LogP contribution in [0.4, 0.5) is 5.13 Å². The second kappa shape index (κ2) is 7.58. The van der Waals surface area contributed by atoms with E-state index in [0.29, 0.717) is 18.6 Å². The Labute approximate surface area is 161 Å². The fourth-order valence-electron chi connectivity index (χ4n) is 3.60. The monoisotopic (exact) mass is 384 g/mol. The number of anilines is 1. The van der Waals surface area contributed by atoms with Crippen LogP contribution in [0.15, 0.2) is 18.5 Å². The molecule has 1 atom stereocenters. The summed E-state index contributed by atoms with van der Waals surface area (Å²) < 4.78 is 4.23. The number of piperidine rings is 1. The summed E-state index contributed by atoms with van der Waals surface area (Å²) in [5.74, 6) is 0.741. The molecule has 0 radical (unpaired) electrons. The molecule has 2 aliphatic rings. The van der Waals surface area contributed by atoms with Crippen molar-refractivity contribution in [2.75, 3.05) is 24.6 Å². The lowest BCUT2D eigenvalue weighted by Crippen LogP contribution is -2.42. The van der Waals surface area contributed by atoms with E-state index >= 15 is 0 Å². The molecule has 0 aliphatic carbocycles. The van der Waals surface area contributed by atoms with Crippen molar-refractivity contribution in [3.05, 3.63) is 35.4 Å². The van der Waals surface area contributed by atoms with Crippen molar-refractivity contribution in [3.63, 3.8) is 0 Å². The molecule has 2 saturated heterocycles. The van der Waals surface area contributed by atoms with Crippen LogP contribution in [0.1, 0.15) is 42.3 Å². The standard InChI is InChI=1S/C18H20N6O2S/c1-12-21-18(27-22-12)23-5-2-14(3-6-23)17(25)24-16(4-7-26-24)15-8-13(9-19)10-20-11-15/h8,10-11,14,16H,2-7H2,1H3/t16-/m0/s1. The normalized spacial score (nSPS) is 20.7. The molecule has 8 nitrogen and oxygen atoms in total. The van der Waals surface area contributed by atoms with E-state index in [2.05, 4.69) is 25.3 Å². The molecular formula is C18H20N6O2S. The molecule has 1 amide bonds. The van der Waals surface area contributed by atoms with Gasteiger partial charge in [-0.25, -0.2) is 10.0 Å². The van der Waals surface area contributed by atoms with Crippen LogP contribution < -0.4 is 4.90 Å². The molecule has 0 bridgehead atoms. The number of carbonyl (C=O) groups excluding carboxylic acids is 1. The lowest BCUT2D eigenvalue weighted by atomic mass is 9.95. The molecule has 4 rings (SSSR count). The van der Waals surface area contributed by atoms with Gasteiger partial charge in [-0.05, 0) is 31.4 Å². The number of carbonyl (C=O) groups is 1. The van der Waals surface area contributed by atoms with E-state index in [1.807, 2.05) is 6.92 Å². The highest BCUT2D eigenvalue weighted by Crippen LogP contribution is 2.34. The maximum Gasteiger partial charge on any atom is 0.249 e. The quantitative estimate of drug-likeness (QED) is 0.801. The number of amides is 1. The highest BCUT2D eigenvalue weighted by atomic mass is 32.1. The molecule has 0 saturated carbocycles. The van der Waals surface area contributed by atoms with Crippen molar-refractivity contribution in [1.82, 2.24) is 19.4 Å². The van der Waals surface area contributed by atoms with Gasteiger partial charge in [-0.2, -0.15) is 9.64 Å². The van der Waals surface area contributed by atoms with Gasteiger partial charge in [0.2, 0.25) is 11.0 Å². The van der Waals surface area contributed by atoms with Crippen LogP contribution in [0.2, 0.25) is 0 Å². The summed E-state index contributed by atoms with van der Waals surface area (Å²) in [5, 5.41) is 11.5. The van der Waals surface area contributed by atoms with Crippen molar-refractivity contribution in [3.8, 4) is 6.07 Å². The molecule has 2 aromatic rings. The highest BCUT2D eigenvalue weighted by molar-refractivity contribution is 7.09. The van der Waals surface area contributed by atoms with Crippen molar-refractivity contribution in [1.29, 1.82) is 5.26 Å². The number of pyridine rings is 1. The number of rotatable bonds is 3. The third-order valence-electron chi connectivity index (χ3n) is 5.03. The Bertz CT molecular complexity index is 871. The summed E-state index contributed by atoms with van der Waals surface area (Å²) in [4.78, 5) is 29.5. The Morgan fingerprint density at radius 2 is 2.15 bits per heavy atom. The van der Waals surface area contributed by atoms with Crippen LogP contribution >= 0.6 is 11.5 Å². The average molecular weight is 384 g/mol. The van der Waals surface area contributed by atoms with Crippen molar-refractivity contribution in [2.24, 2.45) is 5.92 Å². The minimum Gasteiger partial charge on any atom is -0.347 e. The van der Waals surface area contributed by atoms with Gasteiger partial charge in [0.15, 0.2) is 0 Å². The first-order valence-corrected chi connectivity index (χ1v) is 9.79. The van der Waals surface area contributed by atoms with Crippen LogP contribution in [-0.4, -0.2) is 45.0 Å². The second-order valence-corrected chi connectivity index (χ2v) is 7.54. The first-order valence-electron chi connectivity index (χ1n) is 9.02. The van der Waals surface area contributed by atoms with Crippen LogP contribution in [-0.2, 0) is 9.63 Å². The summed E-state index contributed by atoms with van der Waals surface area (Å²) >= 11 is 1.40. The van der Waals surface area contributed by atoms with Crippen LogP contribution in [0, 0.1) is 24.2 Å². The van der Waals surface area contributed by atoms with Gasteiger partial charge in [0.05, 0.1) is 18.2 Å². The highest BCUT2D eigenvalue weighted by Gasteiger charge is 2.37. The number of aromatic nitrogens is 3. The lowest BCUT2D eigenvalue weighted by Gasteiger charge is -2.33. The predicted octanol–water partition coefficient (Wildman–Crippen LogP) is 2.23. The Kier molecular flexibility index (Phi) is 5.01. The molecule has 2 fully saturated rings. The zero-order valence-corrected chi connectivity index (χ0v) is 15.9. The number of hydroxylamine groups is 2. The molecule has 140 valence electrons. The van der Waals surface area contributed by atoms with Crippen molar-refractivity contribution >= 4 is 22.6 Å². The van der Waals surface area contributed by atoms with Gasteiger partial charge in [0, 0.05) is 49.4 Å². The zero-order valence-electron chi connectivity index (χ0n) is 15.0. The Morgan fingerprint density at radius 3 is 2.85 bits per heavy atom. The zero-order chi connectivity index (χ0) is 18.8. The molecule has 2 aromatic heterocycles. The van der Waals surface area contributed by atoms with Gasteiger partial charge in [-0.1, -0.05) is 0 Å². The molecule has 2 aliphatic heterocycles. The van der Waals surface area contributed by atoms with E-state index in [1.54, 1.807) is 12.3 Å². The minimum absolute atomic E-state index is 0.0213. The fraction of sp³-hybridized carbons (Fsp3) is 0.500. The third-order valence-corrected chi connectivity index (χ3v) is 5.90. The predicted molar refractivity (Wildman–Crippen MR) is 98.7 cm³/mol.